The minimum Gasteiger partial charge on any atom is -0.478 e. The molecular formula is C23H18N2O5. The van der Waals surface area contributed by atoms with Crippen LogP contribution in [0.15, 0.2) is 58.1 Å². The molecule has 2 amide bonds. The number of aromatic carboxylic acids is 1. The quantitative estimate of drug-likeness (QED) is 0.481. The van der Waals surface area contributed by atoms with Gasteiger partial charge < -0.3 is 9.52 Å². The molecule has 2 heterocycles. The first-order valence-corrected chi connectivity index (χ1v) is 10.1. The summed E-state index contributed by atoms with van der Waals surface area (Å²) in [5.74, 6) is 0.0407. The third-order valence-corrected chi connectivity index (χ3v) is 6.99. The van der Waals surface area contributed by atoms with Crippen molar-refractivity contribution < 1.29 is 23.9 Å². The Morgan fingerprint density at radius 3 is 2.37 bits per heavy atom. The summed E-state index contributed by atoms with van der Waals surface area (Å²) in [6.07, 6.45) is 6.70. The molecule has 5 aliphatic rings. The summed E-state index contributed by atoms with van der Waals surface area (Å²) in [6, 6.07) is 9.83. The van der Waals surface area contributed by atoms with Crippen LogP contribution >= 0.6 is 0 Å². The lowest BCUT2D eigenvalue weighted by molar-refractivity contribution is -0.140. The fourth-order valence-corrected chi connectivity index (χ4v) is 5.62. The van der Waals surface area contributed by atoms with Gasteiger partial charge in [0.1, 0.15) is 11.5 Å². The molecule has 150 valence electrons. The van der Waals surface area contributed by atoms with Crippen LogP contribution in [0.5, 0.6) is 0 Å². The topological polar surface area (TPSA) is 100 Å². The van der Waals surface area contributed by atoms with Gasteiger partial charge in [-0.15, -0.1) is 0 Å². The number of carbonyl (C=O) groups excluding carboxylic acids is 2. The van der Waals surface area contributed by atoms with E-state index in [2.05, 4.69) is 17.3 Å². The fraction of sp³-hybridized carbons (Fsp3) is 0.304. The molecule has 7 nitrogen and oxygen atoms in total. The summed E-state index contributed by atoms with van der Waals surface area (Å²) in [5, 5.41) is 14.5. The zero-order chi connectivity index (χ0) is 20.6. The zero-order valence-corrected chi connectivity index (χ0v) is 15.8. The third-order valence-electron chi connectivity index (χ3n) is 6.99. The number of hydrogen-bond donors (Lipinski definition) is 1. The van der Waals surface area contributed by atoms with E-state index in [0.717, 1.165) is 11.4 Å². The second-order valence-electron chi connectivity index (χ2n) is 8.44. The maximum Gasteiger partial charge on any atom is 0.336 e. The Bertz CT molecular complexity index is 1130. The van der Waals surface area contributed by atoms with E-state index < -0.39 is 5.97 Å². The predicted molar refractivity (Wildman–Crippen MR) is 105 cm³/mol. The molecule has 7 heteroatoms. The number of carboxylic acids is 1. The molecule has 1 aromatic carbocycles. The van der Waals surface area contributed by atoms with Crippen LogP contribution in [0, 0.1) is 35.5 Å². The first kappa shape index (κ1) is 17.4. The van der Waals surface area contributed by atoms with Crippen molar-refractivity contribution in [1.29, 1.82) is 0 Å². The van der Waals surface area contributed by atoms with Crippen LogP contribution in [0.25, 0.3) is 11.3 Å². The molecule has 0 radical (unpaired) electrons. The van der Waals surface area contributed by atoms with Gasteiger partial charge in [0.05, 0.1) is 23.6 Å². The number of carbonyl (C=O) groups is 3. The molecule has 2 bridgehead atoms. The van der Waals surface area contributed by atoms with E-state index in [1.165, 1.54) is 12.3 Å². The van der Waals surface area contributed by atoms with Crippen LogP contribution in [0.4, 0.5) is 0 Å². The van der Waals surface area contributed by atoms with Crippen molar-refractivity contribution in [3.63, 3.8) is 0 Å². The molecule has 0 spiro atoms. The molecular weight excluding hydrogens is 384 g/mol. The largest absolute Gasteiger partial charge is 0.478 e. The van der Waals surface area contributed by atoms with Crippen molar-refractivity contribution in [2.75, 3.05) is 0 Å². The van der Waals surface area contributed by atoms with Gasteiger partial charge in [-0.2, -0.15) is 10.1 Å². The van der Waals surface area contributed by atoms with Gasteiger partial charge in [0, 0.05) is 5.56 Å². The van der Waals surface area contributed by atoms with E-state index in [-0.39, 0.29) is 41.0 Å². The highest BCUT2D eigenvalue weighted by Crippen LogP contribution is 2.65. The van der Waals surface area contributed by atoms with Gasteiger partial charge in [0.2, 0.25) is 0 Å². The molecule has 2 saturated carbocycles. The molecule has 6 atom stereocenters. The second kappa shape index (κ2) is 6.01. The van der Waals surface area contributed by atoms with Gasteiger partial charge in [0.25, 0.3) is 11.8 Å². The van der Waals surface area contributed by atoms with Gasteiger partial charge in [-0.05, 0) is 48.3 Å². The lowest BCUT2D eigenvalue weighted by atomic mass is 9.63. The predicted octanol–water partition coefficient (Wildman–Crippen LogP) is 3.03. The van der Waals surface area contributed by atoms with Crippen LogP contribution < -0.4 is 0 Å². The first-order valence-electron chi connectivity index (χ1n) is 10.1. The van der Waals surface area contributed by atoms with E-state index >= 15 is 0 Å². The van der Waals surface area contributed by atoms with Crippen LogP contribution in [0.3, 0.4) is 0 Å². The van der Waals surface area contributed by atoms with E-state index in [1.807, 2.05) is 0 Å². The third kappa shape index (κ3) is 2.32. The van der Waals surface area contributed by atoms with Crippen molar-refractivity contribution in [1.82, 2.24) is 5.01 Å². The smallest absolute Gasteiger partial charge is 0.336 e. The Hall–Kier alpha value is -3.48. The number of nitrogens with zero attached hydrogens (tertiary/aromatic N) is 2. The van der Waals surface area contributed by atoms with Crippen molar-refractivity contribution in [3.05, 3.63) is 59.9 Å². The minimum atomic E-state index is -1.05. The summed E-state index contributed by atoms with van der Waals surface area (Å²) in [5.41, 5.74) is 0.580. The lowest BCUT2D eigenvalue weighted by Crippen LogP contribution is -2.40. The summed E-state index contributed by atoms with van der Waals surface area (Å²) in [6.45, 7) is 0. The SMILES string of the molecule is O=C(O)c1ccccc1-c1ccc(/C=N\N2C(=O)[C@@H]3[C@H]4C=C[C@@H]([C@@H]5C[C@H]45)[C@H]3C2=O)o1. The highest BCUT2D eigenvalue weighted by molar-refractivity contribution is 6.06. The molecule has 3 fully saturated rings. The normalized spacial score (nSPS) is 33.3. The first-order chi connectivity index (χ1) is 14.5. The Morgan fingerprint density at radius 2 is 1.70 bits per heavy atom. The zero-order valence-electron chi connectivity index (χ0n) is 15.8. The van der Waals surface area contributed by atoms with Crippen LogP contribution in [-0.2, 0) is 9.59 Å². The molecule has 0 unspecified atom stereocenters. The fourth-order valence-electron chi connectivity index (χ4n) is 5.62. The molecule has 4 aliphatic carbocycles. The van der Waals surface area contributed by atoms with Gasteiger partial charge in [-0.25, -0.2) is 4.79 Å². The molecule has 1 N–H and O–H groups in total. The summed E-state index contributed by atoms with van der Waals surface area (Å²) >= 11 is 0. The maximum absolute atomic E-state index is 12.9. The maximum atomic E-state index is 12.9. The van der Waals surface area contributed by atoms with Gasteiger partial charge in [-0.1, -0.05) is 30.4 Å². The number of furan rings is 1. The molecule has 1 saturated heterocycles. The van der Waals surface area contributed by atoms with Gasteiger partial charge >= 0.3 is 5.97 Å². The van der Waals surface area contributed by atoms with Gasteiger partial charge in [0.15, 0.2) is 0 Å². The van der Waals surface area contributed by atoms with Crippen molar-refractivity contribution in [2.24, 2.45) is 40.6 Å². The summed E-state index contributed by atoms with van der Waals surface area (Å²) in [4.78, 5) is 37.3. The van der Waals surface area contributed by atoms with E-state index in [0.29, 0.717) is 28.9 Å². The average molecular weight is 402 g/mol. The number of hydrazone groups is 1. The number of rotatable bonds is 4. The van der Waals surface area contributed by atoms with Crippen molar-refractivity contribution in [2.45, 2.75) is 6.42 Å². The lowest BCUT2D eigenvalue weighted by Gasteiger charge is -2.37. The molecule has 1 aromatic heterocycles. The molecule has 1 aliphatic heterocycles. The van der Waals surface area contributed by atoms with Crippen molar-refractivity contribution in [3.8, 4) is 11.3 Å². The van der Waals surface area contributed by atoms with Crippen LogP contribution in [0.2, 0.25) is 0 Å². The Kier molecular flexibility index (Phi) is 3.48. The van der Waals surface area contributed by atoms with E-state index in [4.69, 9.17) is 4.42 Å². The number of hydrogen-bond acceptors (Lipinski definition) is 5. The number of carboxylic acid groups (broad SMARTS) is 1. The Morgan fingerprint density at radius 1 is 1.03 bits per heavy atom. The number of imide groups is 1. The molecule has 30 heavy (non-hydrogen) atoms. The van der Waals surface area contributed by atoms with E-state index in [9.17, 15) is 19.5 Å². The van der Waals surface area contributed by atoms with Crippen LogP contribution in [-0.4, -0.2) is 34.1 Å². The van der Waals surface area contributed by atoms with Crippen LogP contribution in [0.1, 0.15) is 22.5 Å². The van der Waals surface area contributed by atoms with Crippen molar-refractivity contribution >= 4 is 24.0 Å². The van der Waals surface area contributed by atoms with Gasteiger partial charge in [-0.3, -0.25) is 9.59 Å². The highest BCUT2D eigenvalue weighted by atomic mass is 16.4. The molecule has 7 rings (SSSR count). The summed E-state index contributed by atoms with van der Waals surface area (Å²) < 4.78 is 5.71. The molecule has 2 aromatic rings. The van der Waals surface area contributed by atoms with E-state index in [1.54, 1.807) is 30.3 Å². The summed E-state index contributed by atoms with van der Waals surface area (Å²) in [7, 11) is 0. The minimum absolute atomic E-state index is 0.130. The monoisotopic (exact) mass is 402 g/mol. The standard InChI is InChI=1S/C23H18N2O5/c26-21-19-13-6-7-14(17-9-16(13)17)20(19)22(27)25(21)24-10-11-5-8-18(30-11)12-3-1-2-4-15(12)23(28)29/h1-8,10,13-14,16-17,19-20H,9H2,(H,28,29)/b24-10-/t13-,14-,16-,17+,19+,20+/m0/s1. The Balaban J connectivity index is 1.26. The second-order valence-corrected chi connectivity index (χ2v) is 8.44. The highest BCUT2D eigenvalue weighted by Gasteiger charge is 2.67. The average Bonchev–Trinajstić information content (AvgIpc) is 3.39. The number of allylic oxidation sites excluding steroid dienone is 2. The Labute approximate surface area is 171 Å². The number of benzene rings is 1. The number of amides is 2.